The summed E-state index contributed by atoms with van der Waals surface area (Å²) < 4.78 is 27.7. The third-order valence-corrected chi connectivity index (χ3v) is 2.35. The first kappa shape index (κ1) is 11.4. The molecule has 0 aliphatic carbocycles. The Kier molecular flexibility index (Phi) is 2.95. The number of Topliss-reactive ketones (excluding diaryl/α,β-unsaturated/α-hetero) is 1. The molecule has 2 rings (SSSR count). The number of carbonyl (C=O) groups excluding carboxylic acids is 1. The van der Waals surface area contributed by atoms with Crippen molar-refractivity contribution in [2.75, 3.05) is 0 Å². The van der Waals surface area contributed by atoms with E-state index in [1.165, 1.54) is 30.5 Å². The van der Waals surface area contributed by atoms with Crippen LogP contribution in [-0.4, -0.2) is 10.8 Å². The van der Waals surface area contributed by atoms with Crippen molar-refractivity contribution in [3.05, 3.63) is 66.0 Å². The summed E-state index contributed by atoms with van der Waals surface area (Å²) in [6, 6.07) is 10.1. The van der Waals surface area contributed by atoms with Crippen LogP contribution in [0.3, 0.4) is 0 Å². The molecule has 0 N–H and O–H groups in total. The van der Waals surface area contributed by atoms with E-state index in [0.29, 0.717) is 0 Å². The first-order valence-electron chi connectivity index (χ1n) is 5.00. The summed E-state index contributed by atoms with van der Waals surface area (Å²) in [6.07, 6.45) is 2.38. The molecule has 0 radical (unpaired) electrons. The van der Waals surface area contributed by atoms with Gasteiger partial charge in [-0.1, -0.05) is 30.3 Å². The Balaban J connectivity index is 2.37. The van der Waals surface area contributed by atoms with Gasteiger partial charge in [-0.05, 0) is 12.1 Å². The average Bonchev–Trinajstić information content (AvgIpc) is 2.40. The Labute approximate surface area is 96.9 Å². The molecule has 0 aliphatic heterocycles. The van der Waals surface area contributed by atoms with Crippen molar-refractivity contribution in [3.63, 3.8) is 0 Å². The van der Waals surface area contributed by atoms with Gasteiger partial charge in [0.05, 0.1) is 0 Å². The molecule has 17 heavy (non-hydrogen) atoms. The highest BCUT2D eigenvalue weighted by Gasteiger charge is 2.41. The molecule has 2 nitrogen and oxygen atoms in total. The maximum absolute atomic E-state index is 13.8. The molecular formula is C13H9F2NO. The number of aromatic nitrogens is 1. The number of halogens is 2. The van der Waals surface area contributed by atoms with Crippen LogP contribution in [0.15, 0.2) is 54.9 Å². The summed E-state index contributed by atoms with van der Waals surface area (Å²) in [4.78, 5) is 15.3. The summed E-state index contributed by atoms with van der Waals surface area (Å²) in [5.41, 5.74) is -0.407. The van der Waals surface area contributed by atoms with Gasteiger partial charge < -0.3 is 0 Å². The number of ketones is 1. The molecular weight excluding hydrogens is 224 g/mol. The third-order valence-electron chi connectivity index (χ3n) is 2.35. The second kappa shape index (κ2) is 4.41. The number of alkyl halides is 2. The highest BCUT2D eigenvalue weighted by Crippen LogP contribution is 2.31. The van der Waals surface area contributed by atoms with Crippen LogP contribution in [0.4, 0.5) is 8.78 Å². The van der Waals surface area contributed by atoms with Crippen LogP contribution in [0.2, 0.25) is 0 Å². The van der Waals surface area contributed by atoms with Crippen LogP contribution < -0.4 is 0 Å². The Bertz CT molecular complexity index is 511. The Morgan fingerprint density at radius 3 is 2.35 bits per heavy atom. The van der Waals surface area contributed by atoms with E-state index in [1.54, 1.807) is 18.2 Å². The lowest BCUT2D eigenvalue weighted by Gasteiger charge is -2.14. The summed E-state index contributed by atoms with van der Waals surface area (Å²) in [5, 5.41) is 0. The molecule has 1 aromatic heterocycles. The number of hydrogen-bond acceptors (Lipinski definition) is 2. The zero-order valence-electron chi connectivity index (χ0n) is 8.81. The van der Waals surface area contributed by atoms with E-state index in [9.17, 15) is 13.6 Å². The summed E-state index contributed by atoms with van der Waals surface area (Å²) in [5.74, 6) is -4.76. The molecule has 1 heterocycles. The van der Waals surface area contributed by atoms with Gasteiger partial charge in [-0.15, -0.1) is 0 Å². The molecule has 0 saturated carbocycles. The van der Waals surface area contributed by atoms with Crippen LogP contribution in [0, 0.1) is 0 Å². The number of carbonyl (C=O) groups is 1. The molecule has 0 unspecified atom stereocenters. The molecule has 4 heteroatoms. The van der Waals surface area contributed by atoms with Gasteiger partial charge in [0.2, 0.25) is 5.78 Å². The SMILES string of the molecule is O=C(c1ccccc1)C(F)(F)c1cccnc1. The summed E-state index contributed by atoms with van der Waals surface area (Å²) in [6.45, 7) is 0. The van der Waals surface area contributed by atoms with Crippen molar-refractivity contribution in [2.45, 2.75) is 5.92 Å². The van der Waals surface area contributed by atoms with Gasteiger partial charge in [0.1, 0.15) is 0 Å². The van der Waals surface area contributed by atoms with E-state index in [1.807, 2.05) is 0 Å². The van der Waals surface area contributed by atoms with Gasteiger partial charge in [0, 0.05) is 23.5 Å². The Morgan fingerprint density at radius 1 is 1.06 bits per heavy atom. The van der Waals surface area contributed by atoms with Crippen molar-refractivity contribution >= 4 is 5.78 Å². The normalized spacial score (nSPS) is 11.2. The van der Waals surface area contributed by atoms with Crippen LogP contribution in [0.1, 0.15) is 15.9 Å². The van der Waals surface area contributed by atoms with E-state index in [2.05, 4.69) is 4.98 Å². The van der Waals surface area contributed by atoms with Gasteiger partial charge >= 0.3 is 5.92 Å². The first-order chi connectivity index (χ1) is 8.12. The van der Waals surface area contributed by atoms with E-state index in [4.69, 9.17) is 0 Å². The molecule has 2 aromatic rings. The number of benzene rings is 1. The van der Waals surface area contributed by atoms with Crippen LogP contribution >= 0.6 is 0 Å². The zero-order valence-corrected chi connectivity index (χ0v) is 8.81. The predicted octanol–water partition coefficient (Wildman–Crippen LogP) is 3.06. The fourth-order valence-electron chi connectivity index (χ4n) is 1.45. The average molecular weight is 233 g/mol. The largest absolute Gasteiger partial charge is 0.336 e. The van der Waals surface area contributed by atoms with Crippen LogP contribution in [0.5, 0.6) is 0 Å². The van der Waals surface area contributed by atoms with E-state index in [-0.39, 0.29) is 5.56 Å². The highest BCUT2D eigenvalue weighted by molar-refractivity contribution is 6.01. The standard InChI is InChI=1S/C13H9F2NO/c14-13(15,11-7-4-8-16-9-11)12(17)10-5-2-1-3-6-10/h1-9H. The van der Waals surface area contributed by atoms with Crippen molar-refractivity contribution in [3.8, 4) is 0 Å². The lowest BCUT2D eigenvalue weighted by molar-refractivity contribution is 0.00722. The van der Waals surface area contributed by atoms with Crippen LogP contribution in [-0.2, 0) is 5.92 Å². The Morgan fingerprint density at radius 2 is 1.76 bits per heavy atom. The highest BCUT2D eigenvalue weighted by atomic mass is 19.3. The third kappa shape index (κ3) is 2.20. The van der Waals surface area contributed by atoms with Gasteiger partial charge in [0.15, 0.2) is 0 Å². The minimum absolute atomic E-state index is 0.0126. The number of nitrogens with zero attached hydrogens (tertiary/aromatic N) is 1. The maximum atomic E-state index is 13.8. The van der Waals surface area contributed by atoms with Crippen molar-refractivity contribution < 1.29 is 13.6 Å². The van der Waals surface area contributed by atoms with Crippen molar-refractivity contribution in [1.29, 1.82) is 0 Å². The number of rotatable bonds is 3. The second-order valence-corrected chi connectivity index (χ2v) is 3.51. The fraction of sp³-hybridized carbons (Fsp3) is 0.0769. The topological polar surface area (TPSA) is 30.0 Å². The molecule has 0 aliphatic rings. The molecule has 0 fully saturated rings. The second-order valence-electron chi connectivity index (χ2n) is 3.51. The molecule has 0 atom stereocenters. The molecule has 0 bridgehead atoms. The lowest BCUT2D eigenvalue weighted by atomic mass is 10.0. The van der Waals surface area contributed by atoms with Gasteiger partial charge in [-0.2, -0.15) is 8.78 Å². The first-order valence-corrected chi connectivity index (χ1v) is 5.00. The molecule has 1 aromatic carbocycles. The number of hydrogen-bond donors (Lipinski definition) is 0. The van der Waals surface area contributed by atoms with Crippen molar-refractivity contribution in [1.82, 2.24) is 4.98 Å². The molecule has 0 saturated heterocycles. The van der Waals surface area contributed by atoms with Crippen molar-refractivity contribution in [2.24, 2.45) is 0 Å². The minimum atomic E-state index is -3.55. The lowest BCUT2D eigenvalue weighted by Crippen LogP contribution is -2.26. The summed E-state index contributed by atoms with van der Waals surface area (Å²) in [7, 11) is 0. The minimum Gasteiger partial charge on any atom is -0.287 e. The quantitative estimate of drug-likeness (QED) is 0.762. The van der Waals surface area contributed by atoms with E-state index >= 15 is 0 Å². The van der Waals surface area contributed by atoms with Crippen LogP contribution in [0.25, 0.3) is 0 Å². The smallest absolute Gasteiger partial charge is 0.287 e. The molecule has 0 spiro atoms. The molecule has 86 valence electrons. The number of pyridine rings is 1. The fourth-order valence-corrected chi connectivity index (χ4v) is 1.45. The van der Waals surface area contributed by atoms with Gasteiger partial charge in [0.25, 0.3) is 0 Å². The maximum Gasteiger partial charge on any atom is 0.336 e. The summed E-state index contributed by atoms with van der Waals surface area (Å²) >= 11 is 0. The predicted molar refractivity (Wildman–Crippen MR) is 58.9 cm³/mol. The Hall–Kier alpha value is -2.10. The van der Waals surface area contributed by atoms with E-state index in [0.717, 1.165) is 6.20 Å². The molecule has 0 amide bonds. The zero-order chi connectivity index (χ0) is 12.3. The van der Waals surface area contributed by atoms with Gasteiger partial charge in [-0.25, -0.2) is 0 Å². The van der Waals surface area contributed by atoms with Gasteiger partial charge in [-0.3, -0.25) is 9.78 Å². The monoisotopic (exact) mass is 233 g/mol. The van der Waals surface area contributed by atoms with E-state index < -0.39 is 17.3 Å².